The van der Waals surface area contributed by atoms with Gasteiger partial charge < -0.3 is 14.4 Å². The summed E-state index contributed by atoms with van der Waals surface area (Å²) in [5.41, 5.74) is -1.73. The van der Waals surface area contributed by atoms with Crippen LogP contribution in [0, 0.1) is 0 Å². The summed E-state index contributed by atoms with van der Waals surface area (Å²) >= 11 is 5.62. The van der Waals surface area contributed by atoms with Crippen molar-refractivity contribution in [2.45, 2.75) is 51.5 Å². The average molecular weight is 475 g/mol. The van der Waals surface area contributed by atoms with Crippen LogP contribution < -0.4 is 0 Å². The first kappa shape index (κ1) is 23.8. The SMILES string of the molecule is CC(C)(C)OC(=O)N1CCC(OC(=O)c2cn(-c3ccc(Cl)c(C(F)(F)F)c3)nn2)CC1. The molecule has 1 aliphatic rings. The van der Waals surface area contributed by atoms with Crippen LogP contribution >= 0.6 is 11.6 Å². The van der Waals surface area contributed by atoms with E-state index in [4.69, 9.17) is 21.1 Å². The molecule has 0 N–H and O–H groups in total. The number of carbonyl (C=O) groups is 2. The van der Waals surface area contributed by atoms with Crippen molar-refractivity contribution in [2.24, 2.45) is 0 Å². The molecule has 0 saturated carbocycles. The molecule has 0 unspecified atom stereocenters. The fraction of sp³-hybridized carbons (Fsp3) is 0.500. The fourth-order valence-electron chi connectivity index (χ4n) is 3.05. The molecule has 0 aliphatic carbocycles. The zero-order valence-electron chi connectivity index (χ0n) is 17.6. The van der Waals surface area contributed by atoms with Crippen LogP contribution in [0.5, 0.6) is 0 Å². The molecule has 0 spiro atoms. The van der Waals surface area contributed by atoms with Gasteiger partial charge in [-0.3, -0.25) is 0 Å². The van der Waals surface area contributed by atoms with E-state index in [0.29, 0.717) is 25.9 Å². The number of hydrogen-bond donors (Lipinski definition) is 0. The quantitative estimate of drug-likeness (QED) is 0.609. The van der Waals surface area contributed by atoms with Crippen molar-refractivity contribution in [3.05, 3.63) is 40.7 Å². The van der Waals surface area contributed by atoms with Gasteiger partial charge in [-0.2, -0.15) is 13.2 Å². The Morgan fingerprint density at radius 2 is 1.81 bits per heavy atom. The van der Waals surface area contributed by atoms with Crippen molar-refractivity contribution >= 4 is 23.7 Å². The third-order valence-electron chi connectivity index (χ3n) is 4.59. The molecule has 0 bridgehead atoms. The number of piperidine rings is 1. The highest BCUT2D eigenvalue weighted by Crippen LogP contribution is 2.35. The number of alkyl halides is 3. The molecule has 3 rings (SSSR count). The second kappa shape index (κ2) is 8.97. The predicted octanol–water partition coefficient (Wildman–Crippen LogP) is 4.50. The van der Waals surface area contributed by atoms with Crippen molar-refractivity contribution in [3.63, 3.8) is 0 Å². The van der Waals surface area contributed by atoms with Gasteiger partial charge in [-0.1, -0.05) is 16.8 Å². The summed E-state index contributed by atoms with van der Waals surface area (Å²) in [4.78, 5) is 26.0. The van der Waals surface area contributed by atoms with E-state index >= 15 is 0 Å². The van der Waals surface area contributed by atoms with Crippen molar-refractivity contribution < 1.29 is 32.2 Å². The highest BCUT2D eigenvalue weighted by atomic mass is 35.5. The Kier molecular flexibility index (Phi) is 6.68. The Hall–Kier alpha value is -2.82. The number of benzene rings is 1. The maximum atomic E-state index is 13.1. The number of halogens is 4. The predicted molar refractivity (Wildman–Crippen MR) is 108 cm³/mol. The van der Waals surface area contributed by atoms with Gasteiger partial charge in [0.25, 0.3) is 0 Å². The minimum atomic E-state index is -4.64. The number of hydrogen-bond acceptors (Lipinski definition) is 6. The zero-order valence-corrected chi connectivity index (χ0v) is 18.4. The third-order valence-corrected chi connectivity index (χ3v) is 4.92. The molecular formula is C20H22ClF3N4O4. The molecule has 1 aromatic heterocycles. The molecule has 12 heteroatoms. The number of aromatic nitrogens is 3. The number of likely N-dealkylation sites (tertiary alicyclic amines) is 1. The van der Waals surface area contributed by atoms with Crippen LogP contribution in [0.2, 0.25) is 5.02 Å². The van der Waals surface area contributed by atoms with Crippen molar-refractivity contribution in [2.75, 3.05) is 13.1 Å². The highest BCUT2D eigenvalue weighted by molar-refractivity contribution is 6.31. The van der Waals surface area contributed by atoms with E-state index in [9.17, 15) is 22.8 Å². The molecule has 8 nitrogen and oxygen atoms in total. The van der Waals surface area contributed by atoms with Gasteiger partial charge in [-0.05, 0) is 39.0 Å². The van der Waals surface area contributed by atoms with E-state index < -0.39 is 40.5 Å². The summed E-state index contributed by atoms with van der Waals surface area (Å²) in [5.74, 6) is -0.753. The van der Waals surface area contributed by atoms with E-state index in [1.807, 2.05) is 0 Å². The van der Waals surface area contributed by atoms with Gasteiger partial charge in [0.15, 0.2) is 5.69 Å². The summed E-state index contributed by atoms with van der Waals surface area (Å²) in [6, 6.07) is 3.24. The Morgan fingerprint density at radius 1 is 1.16 bits per heavy atom. The second-order valence-corrected chi connectivity index (χ2v) is 8.69. The smallest absolute Gasteiger partial charge is 0.417 e. The normalized spacial score (nSPS) is 15.5. The van der Waals surface area contributed by atoms with Crippen molar-refractivity contribution in [1.82, 2.24) is 19.9 Å². The van der Waals surface area contributed by atoms with Crippen LogP contribution in [0.15, 0.2) is 24.4 Å². The van der Waals surface area contributed by atoms with Gasteiger partial charge in [0, 0.05) is 25.9 Å². The van der Waals surface area contributed by atoms with Gasteiger partial charge in [-0.25, -0.2) is 14.3 Å². The molecule has 2 heterocycles. The van der Waals surface area contributed by atoms with Gasteiger partial charge in [0.05, 0.1) is 22.5 Å². The van der Waals surface area contributed by atoms with Crippen LogP contribution in [0.25, 0.3) is 5.69 Å². The van der Waals surface area contributed by atoms with Crippen LogP contribution in [0.3, 0.4) is 0 Å². The largest absolute Gasteiger partial charge is 0.457 e. The molecule has 1 aliphatic heterocycles. The Balaban J connectivity index is 1.60. The first-order valence-corrected chi connectivity index (χ1v) is 10.2. The molecule has 32 heavy (non-hydrogen) atoms. The van der Waals surface area contributed by atoms with Gasteiger partial charge in [-0.15, -0.1) is 5.10 Å². The minimum Gasteiger partial charge on any atom is -0.457 e. The lowest BCUT2D eigenvalue weighted by atomic mass is 10.1. The fourth-order valence-corrected chi connectivity index (χ4v) is 3.28. The van der Waals surface area contributed by atoms with E-state index in [-0.39, 0.29) is 11.4 Å². The molecule has 174 valence electrons. The van der Waals surface area contributed by atoms with Crippen LogP contribution in [-0.4, -0.2) is 56.8 Å². The summed E-state index contributed by atoms with van der Waals surface area (Å²) in [7, 11) is 0. The molecular weight excluding hydrogens is 453 g/mol. The standard InChI is InChI=1S/C20H22ClF3N4O4/c1-19(2,3)32-18(30)27-8-6-13(7-9-27)31-17(29)16-11-28(26-25-16)12-4-5-15(21)14(10-12)20(22,23)24/h4-5,10-11,13H,6-9H2,1-3H3. The van der Waals surface area contributed by atoms with E-state index in [1.165, 1.54) is 12.3 Å². The summed E-state index contributed by atoms with van der Waals surface area (Å²) in [5, 5.41) is 6.96. The Labute approximate surface area is 187 Å². The summed E-state index contributed by atoms with van der Waals surface area (Å²) < 4.78 is 51.0. The molecule has 1 saturated heterocycles. The molecule has 0 radical (unpaired) electrons. The third kappa shape index (κ3) is 5.90. The van der Waals surface area contributed by atoms with E-state index in [1.54, 1.807) is 25.7 Å². The number of ether oxygens (including phenoxy) is 2. The number of amides is 1. The van der Waals surface area contributed by atoms with Crippen LogP contribution in [0.4, 0.5) is 18.0 Å². The maximum Gasteiger partial charge on any atom is 0.417 e. The molecule has 1 fully saturated rings. The van der Waals surface area contributed by atoms with E-state index in [2.05, 4.69) is 10.3 Å². The van der Waals surface area contributed by atoms with Gasteiger partial charge in [0.2, 0.25) is 0 Å². The number of carbonyl (C=O) groups excluding carboxylic acids is 2. The summed E-state index contributed by atoms with van der Waals surface area (Å²) in [6.45, 7) is 6.07. The maximum absolute atomic E-state index is 13.1. The Morgan fingerprint density at radius 3 is 2.41 bits per heavy atom. The lowest BCUT2D eigenvalue weighted by molar-refractivity contribution is -0.137. The Bertz CT molecular complexity index is 995. The number of esters is 1. The van der Waals surface area contributed by atoms with Gasteiger partial charge >= 0.3 is 18.2 Å². The molecule has 1 amide bonds. The zero-order chi connectivity index (χ0) is 23.7. The van der Waals surface area contributed by atoms with Gasteiger partial charge in [0.1, 0.15) is 11.7 Å². The lowest BCUT2D eigenvalue weighted by Crippen LogP contribution is -2.43. The monoisotopic (exact) mass is 474 g/mol. The van der Waals surface area contributed by atoms with Crippen molar-refractivity contribution in [1.29, 1.82) is 0 Å². The first-order valence-electron chi connectivity index (χ1n) is 9.82. The molecule has 2 aromatic rings. The van der Waals surface area contributed by atoms with Crippen molar-refractivity contribution in [3.8, 4) is 5.69 Å². The molecule has 1 aromatic carbocycles. The highest BCUT2D eigenvalue weighted by Gasteiger charge is 2.34. The first-order chi connectivity index (χ1) is 14.8. The van der Waals surface area contributed by atoms with Crippen LogP contribution in [-0.2, 0) is 15.7 Å². The average Bonchev–Trinajstić information content (AvgIpc) is 3.17. The van der Waals surface area contributed by atoms with E-state index in [0.717, 1.165) is 16.8 Å². The minimum absolute atomic E-state index is 0.0407. The molecule has 0 atom stereocenters. The topological polar surface area (TPSA) is 86.5 Å². The van der Waals surface area contributed by atoms with Crippen LogP contribution in [0.1, 0.15) is 49.7 Å². The second-order valence-electron chi connectivity index (χ2n) is 8.28. The number of rotatable bonds is 3. The number of nitrogens with zero attached hydrogens (tertiary/aromatic N) is 4. The lowest BCUT2D eigenvalue weighted by Gasteiger charge is -2.33. The summed E-state index contributed by atoms with van der Waals surface area (Å²) in [6.07, 6.45) is -3.47.